The molecule has 4 nitrogen and oxygen atoms in total. The van der Waals surface area contributed by atoms with Gasteiger partial charge in [-0.1, -0.05) is 47.5 Å². The van der Waals surface area contributed by atoms with Crippen LogP contribution in [0.3, 0.4) is 0 Å². The molecule has 1 atom stereocenters. The lowest BCUT2D eigenvalue weighted by Gasteiger charge is -2.32. The Kier molecular flexibility index (Phi) is 6.54. The van der Waals surface area contributed by atoms with Gasteiger partial charge in [0, 0.05) is 12.1 Å². The lowest BCUT2D eigenvalue weighted by atomic mass is 9.76. The maximum Gasteiger partial charge on any atom is 0.377 e. The molecule has 0 aliphatic heterocycles. The van der Waals surface area contributed by atoms with Crippen molar-refractivity contribution in [2.24, 2.45) is 0 Å². The summed E-state index contributed by atoms with van der Waals surface area (Å²) < 4.78 is 33.6. The molecule has 0 aromatic heterocycles. The Hall–Kier alpha value is -2.76. The van der Waals surface area contributed by atoms with Crippen molar-refractivity contribution in [3.05, 3.63) is 65.2 Å². The lowest BCUT2D eigenvalue weighted by molar-refractivity contribution is -0.174. The van der Waals surface area contributed by atoms with E-state index in [0.29, 0.717) is 11.3 Å². The topological polar surface area (TPSA) is 55.4 Å². The molecule has 0 bridgehead atoms. The second kappa shape index (κ2) is 8.50. The molecule has 0 aliphatic carbocycles. The molecule has 0 aliphatic rings. The highest BCUT2D eigenvalue weighted by molar-refractivity contribution is 5.99. The number of aryl methyl sites for hydroxylation is 2. The summed E-state index contributed by atoms with van der Waals surface area (Å²) >= 11 is 0. The Bertz CT molecular complexity index is 832. The van der Waals surface area contributed by atoms with E-state index in [1.165, 1.54) is 13.8 Å². The zero-order chi connectivity index (χ0) is 20.9. The van der Waals surface area contributed by atoms with Crippen molar-refractivity contribution < 1.29 is 23.1 Å². The zero-order valence-electron chi connectivity index (χ0n) is 16.5. The van der Waals surface area contributed by atoms with E-state index in [9.17, 15) is 18.4 Å². The van der Waals surface area contributed by atoms with Crippen molar-refractivity contribution in [3.8, 4) is 0 Å². The maximum atomic E-state index is 14.6. The highest BCUT2D eigenvalue weighted by Gasteiger charge is 2.50. The van der Waals surface area contributed by atoms with Gasteiger partial charge in [0.25, 0.3) is 0 Å². The molecule has 1 N–H and O–H groups in total. The number of rotatable bonds is 7. The summed E-state index contributed by atoms with van der Waals surface area (Å²) in [6.45, 7) is 6.47. The quantitative estimate of drug-likeness (QED) is 0.693. The number of ether oxygens (including phenoxy) is 1. The molecular formula is C22H25F2NO3. The predicted molar refractivity (Wildman–Crippen MR) is 105 cm³/mol. The van der Waals surface area contributed by atoms with Gasteiger partial charge in [-0.25, -0.2) is 4.79 Å². The number of carbonyl (C=O) groups is 2. The Morgan fingerprint density at radius 3 is 1.96 bits per heavy atom. The van der Waals surface area contributed by atoms with Gasteiger partial charge in [0.2, 0.25) is 5.91 Å². The monoisotopic (exact) mass is 389 g/mol. The SMILES string of the molecule is CCOC(=O)C(F)(F)CC(C)(C(=O)Nc1ccc(C)cc1)c1ccc(C)cc1. The first-order chi connectivity index (χ1) is 13.1. The first kappa shape index (κ1) is 21.5. The van der Waals surface area contributed by atoms with Gasteiger partial charge in [0.05, 0.1) is 12.0 Å². The molecule has 2 rings (SSSR count). The summed E-state index contributed by atoms with van der Waals surface area (Å²) in [7, 11) is 0. The molecule has 2 aromatic rings. The Morgan fingerprint density at radius 1 is 0.964 bits per heavy atom. The highest BCUT2D eigenvalue weighted by Crippen LogP contribution is 2.37. The average Bonchev–Trinajstić information content (AvgIpc) is 2.63. The number of halogens is 2. The fourth-order valence-corrected chi connectivity index (χ4v) is 2.89. The van der Waals surface area contributed by atoms with Crippen LogP contribution >= 0.6 is 0 Å². The fraction of sp³-hybridized carbons (Fsp3) is 0.364. The van der Waals surface area contributed by atoms with Crippen LogP contribution in [0.4, 0.5) is 14.5 Å². The highest BCUT2D eigenvalue weighted by atomic mass is 19.3. The van der Waals surface area contributed by atoms with Crippen LogP contribution in [0.15, 0.2) is 48.5 Å². The van der Waals surface area contributed by atoms with Crippen LogP contribution in [0, 0.1) is 13.8 Å². The summed E-state index contributed by atoms with van der Waals surface area (Å²) in [5.74, 6) is -6.05. The molecule has 0 saturated carbocycles. The van der Waals surface area contributed by atoms with Crippen molar-refractivity contribution in [3.63, 3.8) is 0 Å². The van der Waals surface area contributed by atoms with Crippen LogP contribution in [-0.2, 0) is 19.7 Å². The summed E-state index contributed by atoms with van der Waals surface area (Å²) in [4.78, 5) is 24.8. The van der Waals surface area contributed by atoms with E-state index in [2.05, 4.69) is 10.1 Å². The molecule has 0 fully saturated rings. The van der Waals surface area contributed by atoms with E-state index < -0.39 is 29.6 Å². The van der Waals surface area contributed by atoms with E-state index >= 15 is 0 Å². The number of carbonyl (C=O) groups excluding carboxylic acids is 2. The Labute approximate surface area is 163 Å². The number of alkyl halides is 2. The fourth-order valence-electron chi connectivity index (χ4n) is 2.89. The third-order valence-electron chi connectivity index (χ3n) is 4.65. The number of amides is 1. The molecule has 2 aromatic carbocycles. The lowest BCUT2D eigenvalue weighted by Crippen LogP contribution is -2.45. The molecule has 0 heterocycles. The standard InChI is InChI=1S/C22H25F2NO3/c1-5-28-20(27)22(23,24)14-21(4,17-10-6-15(2)7-11-17)19(26)25-18-12-8-16(3)9-13-18/h6-13H,5,14H2,1-4H3,(H,25,26). The van der Waals surface area contributed by atoms with E-state index in [0.717, 1.165) is 11.1 Å². The molecule has 0 spiro atoms. The number of anilines is 1. The molecular weight excluding hydrogens is 364 g/mol. The van der Waals surface area contributed by atoms with Crippen molar-refractivity contribution in [2.45, 2.75) is 45.5 Å². The van der Waals surface area contributed by atoms with Gasteiger partial charge in [-0.15, -0.1) is 0 Å². The second-order valence-electron chi connectivity index (χ2n) is 7.12. The van der Waals surface area contributed by atoms with E-state index in [1.807, 2.05) is 26.0 Å². The van der Waals surface area contributed by atoms with Gasteiger partial charge in [-0.05, 0) is 45.4 Å². The minimum atomic E-state index is -3.81. The van der Waals surface area contributed by atoms with Crippen LogP contribution in [0.2, 0.25) is 0 Å². The third-order valence-corrected chi connectivity index (χ3v) is 4.65. The van der Waals surface area contributed by atoms with Crippen LogP contribution < -0.4 is 5.32 Å². The van der Waals surface area contributed by atoms with Crippen molar-refractivity contribution in [2.75, 3.05) is 11.9 Å². The molecule has 0 radical (unpaired) electrons. The number of esters is 1. The normalized spacial score (nSPS) is 13.5. The first-order valence-electron chi connectivity index (χ1n) is 9.09. The van der Waals surface area contributed by atoms with Gasteiger partial charge < -0.3 is 10.1 Å². The van der Waals surface area contributed by atoms with Gasteiger partial charge in [0.1, 0.15) is 0 Å². The smallest absolute Gasteiger partial charge is 0.377 e. The number of hydrogen-bond acceptors (Lipinski definition) is 3. The van der Waals surface area contributed by atoms with Crippen LogP contribution in [0.5, 0.6) is 0 Å². The van der Waals surface area contributed by atoms with Gasteiger partial charge >= 0.3 is 11.9 Å². The van der Waals surface area contributed by atoms with E-state index in [1.54, 1.807) is 36.4 Å². The largest absolute Gasteiger partial charge is 0.462 e. The molecule has 1 unspecified atom stereocenters. The molecule has 28 heavy (non-hydrogen) atoms. The van der Waals surface area contributed by atoms with Crippen LogP contribution in [0.1, 0.15) is 37.0 Å². The number of hydrogen-bond donors (Lipinski definition) is 1. The first-order valence-corrected chi connectivity index (χ1v) is 9.09. The van der Waals surface area contributed by atoms with Crippen LogP contribution in [0.25, 0.3) is 0 Å². The summed E-state index contributed by atoms with van der Waals surface area (Å²) in [6.07, 6.45) is -1.00. The van der Waals surface area contributed by atoms with Crippen molar-refractivity contribution in [1.29, 1.82) is 0 Å². The Morgan fingerprint density at radius 2 is 1.46 bits per heavy atom. The van der Waals surface area contributed by atoms with E-state index in [4.69, 9.17) is 0 Å². The van der Waals surface area contributed by atoms with Gasteiger partial charge in [0.15, 0.2) is 0 Å². The molecule has 150 valence electrons. The Balaban J connectivity index is 2.40. The second-order valence-corrected chi connectivity index (χ2v) is 7.12. The number of nitrogens with one attached hydrogen (secondary N) is 1. The molecule has 1 amide bonds. The van der Waals surface area contributed by atoms with Crippen molar-refractivity contribution >= 4 is 17.6 Å². The van der Waals surface area contributed by atoms with Crippen LogP contribution in [-0.4, -0.2) is 24.4 Å². The third kappa shape index (κ3) is 4.94. The minimum Gasteiger partial charge on any atom is -0.462 e. The van der Waals surface area contributed by atoms with E-state index in [-0.39, 0.29) is 6.61 Å². The van der Waals surface area contributed by atoms with Crippen molar-refractivity contribution in [1.82, 2.24) is 0 Å². The molecule has 0 saturated heterocycles. The van der Waals surface area contributed by atoms with Gasteiger partial charge in [-0.2, -0.15) is 8.78 Å². The summed E-state index contributed by atoms with van der Waals surface area (Å²) in [5, 5.41) is 2.69. The maximum absolute atomic E-state index is 14.6. The zero-order valence-corrected chi connectivity index (χ0v) is 16.5. The summed E-state index contributed by atoms with van der Waals surface area (Å²) in [5.41, 5.74) is 1.19. The minimum absolute atomic E-state index is 0.161. The van der Waals surface area contributed by atoms with Gasteiger partial charge in [-0.3, -0.25) is 4.79 Å². The summed E-state index contributed by atoms with van der Waals surface area (Å²) in [6, 6.07) is 13.8. The molecule has 6 heteroatoms. The average molecular weight is 389 g/mol. The number of benzene rings is 2. The predicted octanol–water partition coefficient (Wildman–Crippen LogP) is 4.79.